The van der Waals surface area contributed by atoms with Crippen LogP contribution in [0.15, 0.2) is 54.6 Å². The Morgan fingerprint density at radius 3 is 2.46 bits per heavy atom. The van der Waals surface area contributed by atoms with Gasteiger partial charge in [-0.25, -0.2) is 0 Å². The van der Waals surface area contributed by atoms with Crippen molar-refractivity contribution < 1.29 is 14.3 Å². The number of nitrogen functional groups attached to an aromatic ring is 1. The van der Waals surface area contributed by atoms with Gasteiger partial charge in [-0.2, -0.15) is 9.97 Å². The van der Waals surface area contributed by atoms with E-state index in [1.54, 1.807) is 30.3 Å². The molecule has 0 aliphatic rings. The summed E-state index contributed by atoms with van der Waals surface area (Å²) in [7, 11) is 3.02. The Morgan fingerprint density at radius 1 is 1.04 bits per heavy atom. The molecule has 1 amide bonds. The number of nitrogens with one attached hydrogen (secondary N) is 2. The molecule has 0 bridgehead atoms. The number of carbonyl (C=O) groups is 1. The first kappa shape index (κ1) is 19.0. The minimum Gasteiger partial charge on any atom is -0.481 e. The first-order chi connectivity index (χ1) is 13.6. The number of amides is 1. The molecule has 8 heteroatoms. The van der Waals surface area contributed by atoms with Crippen LogP contribution in [-0.2, 0) is 6.54 Å². The average Bonchev–Trinajstić information content (AvgIpc) is 2.74. The number of para-hydroxylation sites is 2. The molecule has 2 aromatic carbocycles. The number of hydrogen-bond donors (Lipinski definition) is 3. The number of nitrogens with two attached hydrogens (primary N) is 1. The zero-order chi connectivity index (χ0) is 19.9. The van der Waals surface area contributed by atoms with Gasteiger partial charge in [-0.05, 0) is 29.8 Å². The highest BCUT2D eigenvalue weighted by Gasteiger charge is 2.08. The number of rotatable bonds is 7. The minimum atomic E-state index is -0.220. The summed E-state index contributed by atoms with van der Waals surface area (Å²) in [5.41, 5.74) is 8.48. The Morgan fingerprint density at radius 2 is 1.79 bits per heavy atom. The maximum absolute atomic E-state index is 12.4. The van der Waals surface area contributed by atoms with Crippen LogP contribution in [0, 0.1) is 0 Å². The molecule has 0 saturated carbocycles. The van der Waals surface area contributed by atoms with Crippen molar-refractivity contribution in [3.8, 4) is 11.9 Å². The van der Waals surface area contributed by atoms with Crippen molar-refractivity contribution in [2.75, 3.05) is 30.6 Å². The Labute approximate surface area is 162 Å². The van der Waals surface area contributed by atoms with E-state index in [1.165, 1.54) is 14.2 Å². The van der Waals surface area contributed by atoms with Crippen LogP contribution in [0.2, 0.25) is 0 Å². The van der Waals surface area contributed by atoms with E-state index in [-0.39, 0.29) is 11.9 Å². The van der Waals surface area contributed by atoms with Crippen LogP contribution in [0.4, 0.5) is 17.2 Å². The Balaban J connectivity index is 1.63. The van der Waals surface area contributed by atoms with E-state index in [4.69, 9.17) is 15.2 Å². The van der Waals surface area contributed by atoms with E-state index < -0.39 is 0 Å². The van der Waals surface area contributed by atoms with Crippen molar-refractivity contribution in [1.82, 2.24) is 9.97 Å². The molecule has 0 saturated heterocycles. The van der Waals surface area contributed by atoms with Gasteiger partial charge in [0.25, 0.3) is 5.91 Å². The second kappa shape index (κ2) is 8.72. The second-order valence-electron chi connectivity index (χ2n) is 5.87. The minimum absolute atomic E-state index is 0.217. The summed E-state index contributed by atoms with van der Waals surface area (Å²) in [6.45, 7) is 0.511. The highest BCUT2D eigenvalue weighted by atomic mass is 16.5. The van der Waals surface area contributed by atoms with Gasteiger partial charge in [-0.1, -0.05) is 24.3 Å². The molecule has 0 atom stereocenters. The standard InChI is InChI=1S/C20H21N5O3/c1-27-18-11-17(24-20(25-18)28-2)22-12-13-7-9-14(10-8-13)19(26)23-16-6-4-3-5-15(16)21/h3-11H,12,21H2,1-2H3,(H,23,26)(H,22,24,25). The maximum atomic E-state index is 12.4. The van der Waals surface area contributed by atoms with Gasteiger partial charge in [0.15, 0.2) is 0 Å². The molecule has 28 heavy (non-hydrogen) atoms. The van der Waals surface area contributed by atoms with Crippen molar-refractivity contribution in [2.45, 2.75) is 6.54 Å². The zero-order valence-corrected chi connectivity index (χ0v) is 15.6. The van der Waals surface area contributed by atoms with E-state index in [9.17, 15) is 4.79 Å². The van der Waals surface area contributed by atoms with Crippen LogP contribution in [0.5, 0.6) is 11.9 Å². The first-order valence-electron chi connectivity index (χ1n) is 8.55. The lowest BCUT2D eigenvalue weighted by Crippen LogP contribution is -2.13. The number of benzene rings is 2. The maximum Gasteiger partial charge on any atom is 0.321 e. The first-order valence-corrected chi connectivity index (χ1v) is 8.55. The molecule has 3 aromatic rings. The summed E-state index contributed by atoms with van der Waals surface area (Å²) in [4.78, 5) is 20.6. The smallest absolute Gasteiger partial charge is 0.321 e. The molecule has 0 aliphatic carbocycles. The molecule has 3 rings (SSSR count). The lowest BCUT2D eigenvalue weighted by Gasteiger charge is -2.10. The van der Waals surface area contributed by atoms with Gasteiger partial charge in [0.2, 0.25) is 5.88 Å². The molecule has 0 spiro atoms. The summed E-state index contributed by atoms with van der Waals surface area (Å²) >= 11 is 0. The topological polar surface area (TPSA) is 111 Å². The molecule has 144 valence electrons. The van der Waals surface area contributed by atoms with Crippen molar-refractivity contribution in [1.29, 1.82) is 0 Å². The summed E-state index contributed by atoms with van der Waals surface area (Å²) in [6, 6.07) is 16.3. The van der Waals surface area contributed by atoms with E-state index in [0.717, 1.165) is 5.56 Å². The number of nitrogens with zero attached hydrogens (tertiary/aromatic N) is 2. The van der Waals surface area contributed by atoms with Crippen molar-refractivity contribution >= 4 is 23.1 Å². The highest BCUT2D eigenvalue weighted by Crippen LogP contribution is 2.19. The third kappa shape index (κ3) is 4.67. The molecule has 8 nitrogen and oxygen atoms in total. The number of ether oxygens (including phenoxy) is 2. The molecule has 1 aromatic heterocycles. The molecular weight excluding hydrogens is 358 g/mol. The Bertz CT molecular complexity index is 938. The highest BCUT2D eigenvalue weighted by molar-refractivity contribution is 6.05. The fraction of sp³-hybridized carbons (Fsp3) is 0.150. The fourth-order valence-electron chi connectivity index (χ4n) is 2.46. The molecule has 0 unspecified atom stereocenters. The second-order valence-corrected chi connectivity index (χ2v) is 5.87. The van der Waals surface area contributed by atoms with Crippen molar-refractivity contribution in [3.05, 3.63) is 65.7 Å². The summed E-state index contributed by atoms with van der Waals surface area (Å²) < 4.78 is 10.2. The van der Waals surface area contributed by atoms with E-state index in [1.807, 2.05) is 24.3 Å². The number of aromatic nitrogens is 2. The Hall–Kier alpha value is -3.81. The molecule has 0 radical (unpaired) electrons. The third-order valence-corrected chi connectivity index (χ3v) is 3.97. The van der Waals surface area contributed by atoms with Crippen LogP contribution in [0.25, 0.3) is 0 Å². The summed E-state index contributed by atoms with van der Waals surface area (Å²) in [5.74, 6) is 0.759. The average molecular weight is 379 g/mol. The fourth-order valence-corrected chi connectivity index (χ4v) is 2.46. The predicted octanol–water partition coefficient (Wildman–Crippen LogP) is 2.94. The largest absolute Gasteiger partial charge is 0.481 e. The number of anilines is 3. The van der Waals surface area contributed by atoms with Gasteiger partial charge in [-0.15, -0.1) is 0 Å². The normalized spacial score (nSPS) is 10.2. The predicted molar refractivity (Wildman–Crippen MR) is 108 cm³/mol. The van der Waals surface area contributed by atoms with Gasteiger partial charge >= 0.3 is 6.01 Å². The van der Waals surface area contributed by atoms with Crippen LogP contribution in [-0.4, -0.2) is 30.1 Å². The lowest BCUT2D eigenvalue weighted by atomic mass is 10.1. The molecule has 0 fully saturated rings. The monoisotopic (exact) mass is 379 g/mol. The lowest BCUT2D eigenvalue weighted by molar-refractivity contribution is 0.102. The van der Waals surface area contributed by atoms with E-state index in [2.05, 4.69) is 20.6 Å². The van der Waals surface area contributed by atoms with Gasteiger partial charge in [0.05, 0.1) is 25.6 Å². The number of hydrogen-bond acceptors (Lipinski definition) is 7. The van der Waals surface area contributed by atoms with Gasteiger partial charge in [-0.3, -0.25) is 4.79 Å². The van der Waals surface area contributed by atoms with Gasteiger partial charge in [0, 0.05) is 18.2 Å². The molecule has 0 aliphatic heterocycles. The van der Waals surface area contributed by atoms with Crippen LogP contribution < -0.4 is 25.8 Å². The van der Waals surface area contributed by atoms with Crippen LogP contribution in [0.1, 0.15) is 15.9 Å². The number of carbonyl (C=O) groups excluding carboxylic acids is 1. The quantitative estimate of drug-likeness (QED) is 0.541. The third-order valence-electron chi connectivity index (χ3n) is 3.97. The van der Waals surface area contributed by atoms with Crippen LogP contribution in [0.3, 0.4) is 0 Å². The summed E-state index contributed by atoms with van der Waals surface area (Å²) in [6.07, 6.45) is 0. The van der Waals surface area contributed by atoms with Gasteiger partial charge < -0.3 is 25.8 Å². The SMILES string of the molecule is COc1cc(NCc2ccc(C(=O)Nc3ccccc3N)cc2)nc(OC)n1. The Kier molecular flexibility index (Phi) is 5.91. The van der Waals surface area contributed by atoms with Crippen molar-refractivity contribution in [2.24, 2.45) is 0 Å². The number of methoxy groups -OCH3 is 2. The zero-order valence-electron chi connectivity index (χ0n) is 15.6. The molecule has 1 heterocycles. The van der Waals surface area contributed by atoms with Gasteiger partial charge in [0.1, 0.15) is 5.82 Å². The molecular formula is C20H21N5O3. The molecule has 4 N–H and O–H groups in total. The van der Waals surface area contributed by atoms with Crippen LogP contribution >= 0.6 is 0 Å². The van der Waals surface area contributed by atoms with E-state index in [0.29, 0.717) is 35.2 Å². The van der Waals surface area contributed by atoms with Crippen molar-refractivity contribution in [3.63, 3.8) is 0 Å². The summed E-state index contributed by atoms with van der Waals surface area (Å²) in [5, 5.41) is 5.98. The van der Waals surface area contributed by atoms with E-state index >= 15 is 0 Å².